The number of fused-ring (bicyclic) bond motifs is 2. The number of hydrogen-bond acceptors (Lipinski definition) is 6. The minimum absolute atomic E-state index is 0.115. The van der Waals surface area contributed by atoms with E-state index in [-0.39, 0.29) is 27.9 Å². The molecular weight excluding hydrogens is 420 g/mol. The highest BCUT2D eigenvalue weighted by molar-refractivity contribution is 6.05. The van der Waals surface area contributed by atoms with E-state index in [1.54, 1.807) is 12.1 Å². The molecule has 0 radical (unpaired) electrons. The molecule has 0 unspecified atom stereocenters. The van der Waals surface area contributed by atoms with E-state index in [1.165, 1.54) is 21.1 Å². The number of benzene rings is 2. The number of methoxy groups -OCH3 is 2. The Balaban J connectivity index is 2.45. The van der Waals surface area contributed by atoms with Crippen molar-refractivity contribution in [2.24, 2.45) is 11.8 Å². The van der Waals surface area contributed by atoms with Gasteiger partial charge in [-0.2, -0.15) is 0 Å². The van der Waals surface area contributed by atoms with E-state index in [0.717, 1.165) is 12.8 Å². The number of carbonyl (C=O) groups excluding carboxylic acids is 1. The van der Waals surface area contributed by atoms with Crippen molar-refractivity contribution in [1.82, 2.24) is 0 Å². The third-order valence-corrected chi connectivity index (χ3v) is 6.10. The summed E-state index contributed by atoms with van der Waals surface area (Å²) in [6, 6.07) is 3.24. The van der Waals surface area contributed by atoms with Crippen molar-refractivity contribution < 1.29 is 23.8 Å². The molecule has 2 aromatic carbocycles. The molecule has 6 heteroatoms. The van der Waals surface area contributed by atoms with Gasteiger partial charge in [-0.3, -0.25) is 9.59 Å². The van der Waals surface area contributed by atoms with Crippen LogP contribution in [-0.2, 0) is 12.8 Å². The quantitative estimate of drug-likeness (QED) is 0.313. The molecule has 33 heavy (non-hydrogen) atoms. The fraction of sp³-hybridized carbons (Fsp3) is 0.481. The molecular formula is C27H34O6. The van der Waals surface area contributed by atoms with Crippen LogP contribution in [0, 0.1) is 11.8 Å². The van der Waals surface area contributed by atoms with Crippen LogP contribution >= 0.6 is 0 Å². The van der Waals surface area contributed by atoms with Gasteiger partial charge in [-0.15, -0.1) is 0 Å². The van der Waals surface area contributed by atoms with Gasteiger partial charge in [0.2, 0.25) is 5.43 Å². The third-order valence-electron chi connectivity index (χ3n) is 6.10. The number of phenolic OH excluding ortho intramolecular Hbond substituents is 1. The van der Waals surface area contributed by atoms with Crippen molar-refractivity contribution in [1.29, 1.82) is 0 Å². The number of hydrogen-bond donors (Lipinski definition) is 1. The molecule has 6 nitrogen and oxygen atoms in total. The Bertz CT molecular complexity index is 1250. The van der Waals surface area contributed by atoms with E-state index in [2.05, 4.69) is 27.7 Å². The lowest BCUT2D eigenvalue weighted by Crippen LogP contribution is -2.12. The fourth-order valence-electron chi connectivity index (χ4n) is 4.31. The second-order valence-electron chi connectivity index (χ2n) is 9.44. The highest BCUT2D eigenvalue weighted by atomic mass is 16.5. The van der Waals surface area contributed by atoms with E-state index >= 15 is 0 Å². The number of ketones is 1. The molecule has 0 aliphatic carbocycles. The van der Waals surface area contributed by atoms with Crippen molar-refractivity contribution in [3.05, 3.63) is 39.0 Å². The van der Waals surface area contributed by atoms with Crippen molar-refractivity contribution in [2.45, 2.75) is 60.3 Å². The predicted molar refractivity (Wildman–Crippen MR) is 131 cm³/mol. The third kappa shape index (κ3) is 4.70. The first-order valence-electron chi connectivity index (χ1n) is 11.5. The van der Waals surface area contributed by atoms with Gasteiger partial charge in [0.05, 0.1) is 25.2 Å². The number of ether oxygens (including phenoxy) is 2. The van der Waals surface area contributed by atoms with E-state index in [1.807, 2.05) is 0 Å². The number of aryl methyl sites for hydroxylation is 1. The molecule has 3 rings (SSSR count). The number of Topliss-reactive ketones (excluding diaryl/α,β-unsaturated/α-hetero) is 1. The zero-order valence-corrected chi connectivity index (χ0v) is 20.6. The second-order valence-corrected chi connectivity index (χ2v) is 9.44. The van der Waals surface area contributed by atoms with E-state index in [4.69, 9.17) is 13.9 Å². The van der Waals surface area contributed by atoms with Crippen LogP contribution in [0.25, 0.3) is 21.9 Å². The normalized spacial score (nSPS) is 11.7. The van der Waals surface area contributed by atoms with Crippen LogP contribution in [0.2, 0.25) is 0 Å². The summed E-state index contributed by atoms with van der Waals surface area (Å²) in [5.74, 6) is 1.36. The molecule has 1 heterocycles. The Kier molecular flexibility index (Phi) is 7.35. The van der Waals surface area contributed by atoms with Crippen LogP contribution in [-0.4, -0.2) is 25.1 Å². The lowest BCUT2D eigenvalue weighted by Gasteiger charge is -2.17. The molecule has 0 aliphatic heterocycles. The maximum Gasteiger partial charge on any atom is 0.204 e. The molecule has 0 fully saturated rings. The number of rotatable bonds is 9. The van der Waals surface area contributed by atoms with E-state index < -0.39 is 0 Å². The van der Waals surface area contributed by atoms with Crippen LogP contribution < -0.4 is 14.9 Å². The van der Waals surface area contributed by atoms with E-state index in [9.17, 15) is 14.7 Å². The molecule has 178 valence electrons. The first-order valence-corrected chi connectivity index (χ1v) is 11.5. The number of carbonyl (C=O) groups is 1. The lowest BCUT2D eigenvalue weighted by molar-refractivity contribution is 0.101. The maximum atomic E-state index is 13.8. The van der Waals surface area contributed by atoms with Gasteiger partial charge in [0.15, 0.2) is 5.78 Å². The average Bonchev–Trinajstić information content (AvgIpc) is 2.74. The van der Waals surface area contributed by atoms with Crippen molar-refractivity contribution in [3.8, 4) is 17.2 Å². The summed E-state index contributed by atoms with van der Waals surface area (Å²) in [6.07, 6.45) is 2.71. The molecule has 0 atom stereocenters. The second kappa shape index (κ2) is 9.86. The SMILES string of the molecule is COc1cc2oc3cc(OC)c(C(C)=O)c(CCC(C)C)c3c(=O)c2c(O)c1CCC(C)C. The number of aromatic hydroxyl groups is 1. The Hall–Kier alpha value is -3.02. The largest absolute Gasteiger partial charge is 0.507 e. The standard InChI is InChI=1S/C27H34O6/c1-14(2)8-10-17-19(31-6)12-22-25(26(17)29)27(30)24-18(11-9-15(3)4)23(16(5)28)20(32-7)13-21(24)33-22/h12-15,29H,8-11H2,1-7H3. The van der Waals surface area contributed by atoms with Gasteiger partial charge in [-0.05, 0) is 50.0 Å². The molecule has 0 spiro atoms. The Morgan fingerprint density at radius 3 is 1.94 bits per heavy atom. The van der Waals surface area contributed by atoms with Crippen LogP contribution in [0.4, 0.5) is 0 Å². The van der Waals surface area contributed by atoms with Gasteiger partial charge >= 0.3 is 0 Å². The van der Waals surface area contributed by atoms with Gasteiger partial charge in [0.25, 0.3) is 0 Å². The first kappa shape index (κ1) is 24.6. The van der Waals surface area contributed by atoms with Crippen molar-refractivity contribution >= 4 is 27.7 Å². The molecule has 3 aromatic rings. The van der Waals surface area contributed by atoms with Crippen LogP contribution in [0.3, 0.4) is 0 Å². The van der Waals surface area contributed by atoms with Gasteiger partial charge in [0.1, 0.15) is 33.8 Å². The van der Waals surface area contributed by atoms with Crippen molar-refractivity contribution in [3.63, 3.8) is 0 Å². The highest BCUT2D eigenvalue weighted by Gasteiger charge is 2.25. The lowest BCUT2D eigenvalue weighted by atomic mass is 9.91. The monoisotopic (exact) mass is 454 g/mol. The summed E-state index contributed by atoms with van der Waals surface area (Å²) in [4.78, 5) is 26.4. The Labute approximate surface area is 194 Å². The van der Waals surface area contributed by atoms with Crippen LogP contribution in [0.5, 0.6) is 17.2 Å². The fourth-order valence-corrected chi connectivity index (χ4v) is 4.31. The van der Waals surface area contributed by atoms with Crippen LogP contribution in [0.1, 0.15) is 68.9 Å². The number of phenols is 1. The summed E-state index contributed by atoms with van der Waals surface area (Å²) < 4.78 is 17.1. The average molecular weight is 455 g/mol. The minimum Gasteiger partial charge on any atom is -0.507 e. The summed E-state index contributed by atoms with van der Waals surface area (Å²) >= 11 is 0. The Morgan fingerprint density at radius 2 is 1.42 bits per heavy atom. The predicted octanol–water partition coefficient (Wildman–Crippen LogP) is 6.05. The maximum absolute atomic E-state index is 13.8. The van der Waals surface area contributed by atoms with Gasteiger partial charge < -0.3 is 19.0 Å². The minimum atomic E-state index is -0.346. The molecule has 0 aliphatic rings. The summed E-state index contributed by atoms with van der Waals surface area (Å²) in [5.41, 5.74) is 1.81. The molecule has 1 aromatic heterocycles. The zero-order valence-electron chi connectivity index (χ0n) is 20.6. The molecule has 0 saturated heterocycles. The van der Waals surface area contributed by atoms with Gasteiger partial charge in [0, 0.05) is 17.7 Å². The van der Waals surface area contributed by atoms with Gasteiger partial charge in [-0.25, -0.2) is 0 Å². The van der Waals surface area contributed by atoms with E-state index in [0.29, 0.717) is 63.8 Å². The molecule has 0 bridgehead atoms. The Morgan fingerprint density at radius 1 is 0.909 bits per heavy atom. The molecule has 0 amide bonds. The first-order chi connectivity index (χ1) is 15.6. The zero-order chi connectivity index (χ0) is 24.4. The topological polar surface area (TPSA) is 86.0 Å². The summed E-state index contributed by atoms with van der Waals surface area (Å²) in [5, 5.41) is 11.6. The van der Waals surface area contributed by atoms with Gasteiger partial charge in [-0.1, -0.05) is 27.7 Å². The molecule has 0 saturated carbocycles. The van der Waals surface area contributed by atoms with Crippen LogP contribution in [0.15, 0.2) is 21.3 Å². The van der Waals surface area contributed by atoms with Crippen molar-refractivity contribution in [2.75, 3.05) is 14.2 Å². The summed E-state index contributed by atoms with van der Waals surface area (Å²) in [7, 11) is 3.03. The smallest absolute Gasteiger partial charge is 0.204 e. The molecule has 1 N–H and O–H groups in total. The summed E-state index contributed by atoms with van der Waals surface area (Å²) in [6.45, 7) is 9.85. The highest BCUT2D eigenvalue weighted by Crippen LogP contribution is 2.39.